The molecule has 17 nitrogen and oxygen atoms in total. The molecule has 43 heavy (non-hydrogen) atoms. The Hall–Kier alpha value is -5.19. The van der Waals surface area contributed by atoms with Crippen molar-refractivity contribution in [2.24, 2.45) is 22.2 Å². The highest BCUT2D eigenvalue weighted by molar-refractivity contribution is 5.95. The number of carbonyl (C=O) groups is 6. The van der Waals surface area contributed by atoms with E-state index in [0.29, 0.717) is 5.56 Å². The second-order valence-corrected chi connectivity index (χ2v) is 9.67. The lowest BCUT2D eigenvalue weighted by Gasteiger charge is -2.25. The molecule has 0 bridgehead atoms. The van der Waals surface area contributed by atoms with Gasteiger partial charge in [0.25, 0.3) is 0 Å². The number of benzene rings is 1. The van der Waals surface area contributed by atoms with Gasteiger partial charge in [-0.2, -0.15) is 0 Å². The summed E-state index contributed by atoms with van der Waals surface area (Å²) in [6.45, 7) is 0.0629. The van der Waals surface area contributed by atoms with Crippen molar-refractivity contribution in [3.8, 4) is 0 Å². The summed E-state index contributed by atoms with van der Waals surface area (Å²) in [7, 11) is 0. The van der Waals surface area contributed by atoms with Gasteiger partial charge in [0.05, 0.1) is 12.5 Å². The fourth-order valence-electron chi connectivity index (χ4n) is 4.11. The van der Waals surface area contributed by atoms with E-state index in [2.05, 4.69) is 25.9 Å². The Kier molecular flexibility index (Phi) is 12.9. The van der Waals surface area contributed by atoms with Crippen molar-refractivity contribution in [1.82, 2.24) is 20.9 Å². The monoisotopic (exact) mass is 604 g/mol. The number of rotatable bonds is 18. The molecule has 2 rings (SSSR count). The first-order valence-corrected chi connectivity index (χ1v) is 13.2. The van der Waals surface area contributed by atoms with E-state index in [4.69, 9.17) is 27.4 Å². The highest BCUT2D eigenvalue weighted by Gasteiger charge is 2.31. The second-order valence-electron chi connectivity index (χ2n) is 9.67. The molecule has 3 amide bonds. The number of carboxylic acid groups (broad SMARTS) is 3. The van der Waals surface area contributed by atoms with Crippen LogP contribution in [0.25, 0.3) is 10.9 Å². The summed E-state index contributed by atoms with van der Waals surface area (Å²) in [5.41, 5.74) is 17.9. The van der Waals surface area contributed by atoms with Crippen molar-refractivity contribution in [2.45, 2.75) is 62.7 Å². The molecule has 0 spiro atoms. The van der Waals surface area contributed by atoms with Crippen molar-refractivity contribution in [2.75, 3.05) is 6.54 Å². The molecule has 13 N–H and O–H groups in total. The average Bonchev–Trinajstić information content (AvgIpc) is 3.34. The number of hydrogen-bond acceptors (Lipinski definition) is 8. The lowest BCUT2D eigenvalue weighted by Crippen LogP contribution is -2.57. The molecule has 0 fully saturated rings. The zero-order valence-electron chi connectivity index (χ0n) is 23.1. The number of nitrogens with two attached hydrogens (primary N) is 3. The third kappa shape index (κ3) is 11.3. The highest BCUT2D eigenvalue weighted by Crippen LogP contribution is 2.19. The number of H-pyrrole nitrogens is 1. The Morgan fingerprint density at radius 2 is 1.47 bits per heavy atom. The van der Waals surface area contributed by atoms with Crippen molar-refractivity contribution >= 4 is 52.5 Å². The van der Waals surface area contributed by atoms with Gasteiger partial charge in [-0.05, 0) is 30.9 Å². The molecule has 4 atom stereocenters. The van der Waals surface area contributed by atoms with Crippen molar-refractivity contribution in [3.63, 3.8) is 0 Å². The minimum atomic E-state index is -1.78. The Morgan fingerprint density at radius 1 is 0.837 bits per heavy atom. The molecular formula is C26H36N8O9. The fraction of sp³-hybridized carbons (Fsp3) is 0.423. The lowest BCUT2D eigenvalue weighted by molar-refractivity contribution is -0.147. The van der Waals surface area contributed by atoms with Gasteiger partial charge in [-0.1, -0.05) is 18.2 Å². The maximum absolute atomic E-state index is 13.6. The molecule has 0 aliphatic carbocycles. The Balaban J connectivity index is 2.33. The van der Waals surface area contributed by atoms with Crippen LogP contribution in [0.5, 0.6) is 0 Å². The fourth-order valence-corrected chi connectivity index (χ4v) is 4.11. The van der Waals surface area contributed by atoms with Gasteiger partial charge in [0, 0.05) is 36.5 Å². The molecule has 1 heterocycles. The Labute approximate surface area is 245 Å². The van der Waals surface area contributed by atoms with E-state index >= 15 is 0 Å². The third-order valence-electron chi connectivity index (χ3n) is 6.31. The average molecular weight is 605 g/mol. The zero-order chi connectivity index (χ0) is 32.1. The summed E-state index contributed by atoms with van der Waals surface area (Å²) >= 11 is 0. The van der Waals surface area contributed by atoms with Crippen LogP contribution in [0.1, 0.15) is 37.7 Å². The first-order valence-electron chi connectivity index (χ1n) is 13.2. The van der Waals surface area contributed by atoms with E-state index in [-0.39, 0.29) is 44.6 Å². The normalized spacial score (nSPS) is 13.6. The van der Waals surface area contributed by atoms with Crippen LogP contribution in [0.4, 0.5) is 0 Å². The summed E-state index contributed by atoms with van der Waals surface area (Å²) in [5.74, 6) is -7.06. The van der Waals surface area contributed by atoms with Crippen LogP contribution in [0.3, 0.4) is 0 Å². The van der Waals surface area contributed by atoms with Gasteiger partial charge in [-0.3, -0.25) is 29.0 Å². The van der Waals surface area contributed by atoms with Crippen LogP contribution < -0.4 is 33.2 Å². The Bertz CT molecular complexity index is 1360. The maximum Gasteiger partial charge on any atom is 0.326 e. The van der Waals surface area contributed by atoms with Gasteiger partial charge in [0.15, 0.2) is 5.96 Å². The largest absolute Gasteiger partial charge is 0.481 e. The van der Waals surface area contributed by atoms with Crippen molar-refractivity contribution in [1.29, 1.82) is 0 Å². The second kappa shape index (κ2) is 16.3. The molecule has 17 heteroatoms. The van der Waals surface area contributed by atoms with Gasteiger partial charge in [0.1, 0.15) is 18.1 Å². The minimum Gasteiger partial charge on any atom is -0.481 e. The lowest BCUT2D eigenvalue weighted by atomic mass is 10.0. The van der Waals surface area contributed by atoms with Crippen LogP contribution in [0.15, 0.2) is 35.5 Å². The summed E-state index contributed by atoms with van der Waals surface area (Å²) in [4.78, 5) is 79.8. The number of guanidine groups is 1. The van der Waals surface area contributed by atoms with E-state index in [0.717, 1.165) is 10.9 Å². The molecule has 234 valence electrons. The molecule has 4 unspecified atom stereocenters. The summed E-state index contributed by atoms with van der Waals surface area (Å²) < 4.78 is 0. The standard InChI is InChI=1S/C26H36N8O9/c27-15(7-8-20(35)36)22(39)33-18(10-13-12-31-16-5-2-1-4-14(13)16)24(41)32-17(6-3-9-30-26(28)29)23(40)34-19(25(42)43)11-21(37)38/h1-2,4-5,12,15,17-19,31H,3,6-11,27H2,(H,32,41)(H,33,39)(H,34,40)(H,35,36)(H,37,38)(H,42,43)(H4,28,29,30). The number of fused-ring (bicyclic) bond motifs is 1. The van der Waals surface area contributed by atoms with Crippen LogP contribution >= 0.6 is 0 Å². The quantitative estimate of drug-likeness (QED) is 0.0500. The number of carboxylic acids is 3. The number of amides is 3. The molecule has 0 saturated carbocycles. The molecule has 0 radical (unpaired) electrons. The molecule has 2 aromatic rings. The van der Waals surface area contributed by atoms with Gasteiger partial charge in [-0.25, -0.2) is 4.79 Å². The van der Waals surface area contributed by atoms with Crippen molar-refractivity contribution < 1.29 is 44.1 Å². The van der Waals surface area contributed by atoms with Crippen LogP contribution in [0, 0.1) is 0 Å². The SMILES string of the molecule is NC(N)=NCCCC(NC(=O)C(Cc1c[nH]c2ccccc12)NC(=O)C(N)CCC(=O)O)C(=O)NC(CC(=O)O)C(=O)O. The topological polar surface area (TPSA) is 305 Å². The van der Waals surface area contributed by atoms with E-state index in [9.17, 15) is 33.9 Å². The van der Waals surface area contributed by atoms with Gasteiger partial charge >= 0.3 is 17.9 Å². The third-order valence-corrected chi connectivity index (χ3v) is 6.31. The molecule has 0 aliphatic heterocycles. The first-order chi connectivity index (χ1) is 20.3. The molecule has 1 aromatic carbocycles. The number of aromatic amines is 1. The van der Waals surface area contributed by atoms with E-state index in [1.54, 1.807) is 30.5 Å². The van der Waals surface area contributed by atoms with Crippen molar-refractivity contribution in [3.05, 3.63) is 36.0 Å². The van der Waals surface area contributed by atoms with Gasteiger partial charge in [0.2, 0.25) is 17.7 Å². The summed E-state index contributed by atoms with van der Waals surface area (Å²) in [5, 5.41) is 35.2. The number of hydrogen-bond donors (Lipinski definition) is 10. The molecule has 1 aromatic heterocycles. The van der Waals surface area contributed by atoms with Gasteiger partial charge < -0.3 is 53.5 Å². The van der Waals surface area contributed by atoms with Crippen LogP contribution in [-0.2, 0) is 35.2 Å². The number of aromatic nitrogens is 1. The Morgan fingerprint density at radius 3 is 2.09 bits per heavy atom. The maximum atomic E-state index is 13.6. The number of nitrogens with zero attached hydrogens (tertiary/aromatic N) is 1. The van der Waals surface area contributed by atoms with Crippen LogP contribution in [0.2, 0.25) is 0 Å². The number of aliphatic carboxylic acids is 3. The number of para-hydroxylation sites is 1. The zero-order valence-corrected chi connectivity index (χ0v) is 23.1. The van der Waals surface area contributed by atoms with E-state index in [1.807, 2.05) is 0 Å². The molecular weight excluding hydrogens is 568 g/mol. The minimum absolute atomic E-state index is 0.0629. The number of carbonyl (C=O) groups excluding carboxylic acids is 3. The van der Waals surface area contributed by atoms with E-state index < -0.39 is 66.2 Å². The summed E-state index contributed by atoms with van der Waals surface area (Å²) in [6, 6.07) is 1.48. The predicted molar refractivity (Wildman–Crippen MR) is 152 cm³/mol. The molecule has 0 saturated heterocycles. The highest BCUT2D eigenvalue weighted by atomic mass is 16.4. The number of nitrogens with one attached hydrogen (secondary N) is 4. The first kappa shape index (κ1) is 34.0. The van der Waals surface area contributed by atoms with E-state index in [1.165, 1.54) is 0 Å². The predicted octanol–water partition coefficient (Wildman–Crippen LogP) is -2.03. The number of aliphatic imine (C=N–C) groups is 1. The smallest absolute Gasteiger partial charge is 0.326 e. The molecule has 0 aliphatic rings. The van der Waals surface area contributed by atoms with Gasteiger partial charge in [-0.15, -0.1) is 0 Å². The summed E-state index contributed by atoms with van der Waals surface area (Å²) in [6.07, 6.45) is 0.164. The van der Waals surface area contributed by atoms with Crippen LogP contribution in [-0.4, -0.2) is 92.6 Å².